The van der Waals surface area contributed by atoms with Crippen molar-refractivity contribution < 1.29 is 23.6 Å². The van der Waals surface area contributed by atoms with E-state index in [2.05, 4.69) is 0 Å². The molecule has 1 N–H and O–H groups in total. The summed E-state index contributed by atoms with van der Waals surface area (Å²) in [6.45, 7) is 2.78. The van der Waals surface area contributed by atoms with Crippen molar-refractivity contribution in [2.24, 2.45) is 5.92 Å². The first-order valence-electron chi connectivity index (χ1n) is 7.23. The highest BCUT2D eigenvalue weighted by Crippen LogP contribution is 2.33. The number of ether oxygens (including phenoxy) is 2. The second-order valence-electron chi connectivity index (χ2n) is 5.39. The van der Waals surface area contributed by atoms with Crippen LogP contribution in [0.2, 0.25) is 0 Å². The van der Waals surface area contributed by atoms with Crippen molar-refractivity contribution in [3.05, 3.63) is 0 Å². The van der Waals surface area contributed by atoms with Crippen molar-refractivity contribution in [2.75, 3.05) is 31.8 Å². The van der Waals surface area contributed by atoms with Crippen molar-refractivity contribution in [3.8, 4) is 0 Å². The van der Waals surface area contributed by atoms with Crippen LogP contribution < -0.4 is 0 Å². The van der Waals surface area contributed by atoms with Gasteiger partial charge in [0.05, 0.1) is 23.9 Å². The van der Waals surface area contributed by atoms with E-state index < -0.39 is 16.4 Å². The molecule has 0 bridgehead atoms. The number of hydrogen-bond acceptors (Lipinski definition) is 5. The van der Waals surface area contributed by atoms with Gasteiger partial charge in [0.1, 0.15) is 0 Å². The van der Waals surface area contributed by atoms with Crippen LogP contribution >= 0.6 is 0 Å². The Bertz CT molecular complexity index is 324. The van der Waals surface area contributed by atoms with Crippen LogP contribution in [0.5, 0.6) is 0 Å². The first kappa shape index (κ1) is 17.6. The predicted octanol–water partition coefficient (Wildman–Crippen LogP) is 1.26. The Morgan fingerprint density at radius 1 is 1.40 bits per heavy atom. The zero-order chi connectivity index (χ0) is 15.0. The monoisotopic (exact) mass is 306 g/mol. The maximum absolute atomic E-state index is 11.9. The van der Waals surface area contributed by atoms with E-state index in [1.54, 1.807) is 14.0 Å². The van der Waals surface area contributed by atoms with Gasteiger partial charge in [-0.25, -0.2) is 0 Å². The molecule has 0 aliphatic heterocycles. The number of carbonyl (C=O) groups is 1. The third-order valence-electron chi connectivity index (χ3n) is 3.69. The highest BCUT2D eigenvalue weighted by Gasteiger charge is 2.37. The van der Waals surface area contributed by atoms with Crippen LogP contribution in [0, 0.1) is 5.92 Å². The Kier molecular flexibility index (Phi) is 7.69. The molecule has 0 heterocycles. The number of rotatable bonds is 8. The molecule has 1 saturated carbocycles. The van der Waals surface area contributed by atoms with Crippen LogP contribution in [0.15, 0.2) is 0 Å². The summed E-state index contributed by atoms with van der Waals surface area (Å²) in [5.74, 6) is 0.567. The molecule has 0 aromatic heterocycles. The summed E-state index contributed by atoms with van der Waals surface area (Å²) < 4.78 is 21.8. The number of methoxy groups -OCH3 is 1. The molecular formula is C14H26O5S. The van der Waals surface area contributed by atoms with Crippen molar-refractivity contribution >= 4 is 16.8 Å². The number of carbonyl (C=O) groups excluding carboxylic acids is 1. The molecule has 20 heavy (non-hydrogen) atoms. The van der Waals surface area contributed by atoms with Gasteiger partial charge in [-0.3, -0.25) is 9.00 Å². The van der Waals surface area contributed by atoms with Crippen molar-refractivity contribution in [3.63, 3.8) is 0 Å². The number of esters is 1. The van der Waals surface area contributed by atoms with Gasteiger partial charge in [-0.05, 0) is 39.0 Å². The summed E-state index contributed by atoms with van der Waals surface area (Å²) in [5.41, 5.74) is -0.888. The third kappa shape index (κ3) is 5.89. The molecule has 1 atom stereocenters. The minimum absolute atomic E-state index is 0.114. The highest BCUT2D eigenvalue weighted by molar-refractivity contribution is 7.85. The van der Waals surface area contributed by atoms with Gasteiger partial charge in [-0.1, -0.05) is 0 Å². The largest absolute Gasteiger partial charge is 0.466 e. The Morgan fingerprint density at radius 2 is 2.05 bits per heavy atom. The molecule has 0 aromatic rings. The average Bonchev–Trinajstić information content (AvgIpc) is 2.39. The minimum atomic E-state index is -1.03. The fourth-order valence-corrected chi connectivity index (χ4v) is 4.00. The third-order valence-corrected chi connectivity index (χ3v) is 5.29. The molecule has 1 aliphatic rings. The first-order chi connectivity index (χ1) is 9.50. The van der Waals surface area contributed by atoms with Gasteiger partial charge in [0, 0.05) is 30.3 Å². The Labute approximate surface area is 123 Å². The molecule has 1 fully saturated rings. The highest BCUT2D eigenvalue weighted by atomic mass is 32.2. The molecule has 0 aromatic carbocycles. The van der Waals surface area contributed by atoms with E-state index in [4.69, 9.17) is 9.47 Å². The van der Waals surface area contributed by atoms with E-state index in [0.717, 1.165) is 6.42 Å². The van der Waals surface area contributed by atoms with E-state index in [-0.39, 0.29) is 11.9 Å². The van der Waals surface area contributed by atoms with E-state index in [1.807, 2.05) is 0 Å². The van der Waals surface area contributed by atoms with Crippen LogP contribution in [-0.4, -0.2) is 52.7 Å². The summed E-state index contributed by atoms with van der Waals surface area (Å²) in [7, 11) is 0.588. The molecule has 0 saturated heterocycles. The molecule has 0 amide bonds. The minimum Gasteiger partial charge on any atom is -0.466 e. The molecule has 0 radical (unpaired) electrons. The fourth-order valence-electron chi connectivity index (χ4n) is 2.53. The number of hydrogen-bond donors (Lipinski definition) is 1. The van der Waals surface area contributed by atoms with Gasteiger partial charge in [0.25, 0.3) is 0 Å². The Balaban J connectivity index is 2.34. The fraction of sp³-hybridized carbons (Fsp3) is 0.929. The molecule has 6 heteroatoms. The molecular weight excluding hydrogens is 280 g/mol. The summed E-state index contributed by atoms with van der Waals surface area (Å²) in [4.78, 5) is 11.6. The van der Waals surface area contributed by atoms with Gasteiger partial charge in [-0.15, -0.1) is 0 Å². The lowest BCUT2D eigenvalue weighted by Crippen LogP contribution is -2.41. The Morgan fingerprint density at radius 3 is 2.60 bits per heavy atom. The predicted molar refractivity (Wildman–Crippen MR) is 77.9 cm³/mol. The van der Waals surface area contributed by atoms with Crippen molar-refractivity contribution in [1.29, 1.82) is 0 Å². The molecule has 1 rings (SSSR count). The maximum atomic E-state index is 11.9. The maximum Gasteiger partial charge on any atom is 0.308 e. The topological polar surface area (TPSA) is 72.8 Å². The summed E-state index contributed by atoms with van der Waals surface area (Å²) >= 11 is 0. The average molecular weight is 306 g/mol. The normalized spacial score (nSPS) is 28.1. The zero-order valence-electron chi connectivity index (χ0n) is 12.4. The Hall–Kier alpha value is -0.460. The molecule has 1 unspecified atom stereocenters. The molecule has 1 aliphatic carbocycles. The van der Waals surface area contributed by atoms with Gasteiger partial charge < -0.3 is 14.6 Å². The van der Waals surface area contributed by atoms with E-state index >= 15 is 0 Å². The van der Waals surface area contributed by atoms with Crippen LogP contribution in [0.4, 0.5) is 0 Å². The van der Waals surface area contributed by atoms with Crippen LogP contribution in [0.1, 0.15) is 39.0 Å². The lowest BCUT2D eigenvalue weighted by atomic mass is 9.80. The van der Waals surface area contributed by atoms with Gasteiger partial charge >= 0.3 is 5.97 Å². The molecule has 0 spiro atoms. The van der Waals surface area contributed by atoms with Gasteiger partial charge in [0.15, 0.2) is 0 Å². The van der Waals surface area contributed by atoms with Crippen molar-refractivity contribution in [1.82, 2.24) is 0 Å². The van der Waals surface area contributed by atoms with E-state index in [0.29, 0.717) is 50.4 Å². The molecule has 118 valence electrons. The van der Waals surface area contributed by atoms with Gasteiger partial charge in [-0.2, -0.15) is 0 Å². The lowest BCUT2D eigenvalue weighted by Gasteiger charge is -2.34. The summed E-state index contributed by atoms with van der Waals surface area (Å²) in [5, 5.41) is 10.5. The number of aliphatic hydroxyl groups is 1. The van der Waals surface area contributed by atoms with E-state index in [1.165, 1.54) is 0 Å². The molecule has 5 nitrogen and oxygen atoms in total. The van der Waals surface area contributed by atoms with Crippen LogP contribution in [0.25, 0.3) is 0 Å². The van der Waals surface area contributed by atoms with Crippen LogP contribution in [-0.2, 0) is 25.1 Å². The quantitative estimate of drug-likeness (QED) is 0.540. The van der Waals surface area contributed by atoms with Crippen LogP contribution in [0.3, 0.4) is 0 Å². The SMILES string of the molecule is CCOC(=O)C1CCC(O)(CS(=O)CCCOC)CC1. The first-order valence-corrected chi connectivity index (χ1v) is 8.72. The second-order valence-corrected chi connectivity index (χ2v) is 6.96. The lowest BCUT2D eigenvalue weighted by molar-refractivity contribution is -0.150. The second kappa shape index (κ2) is 8.74. The summed E-state index contributed by atoms with van der Waals surface area (Å²) in [6, 6.07) is 0. The van der Waals surface area contributed by atoms with Gasteiger partial charge in [0.2, 0.25) is 0 Å². The summed E-state index contributed by atoms with van der Waals surface area (Å²) in [6.07, 6.45) is 3.01. The standard InChI is InChI=1S/C14H26O5S/c1-3-19-13(15)12-5-7-14(16,8-6-12)11-20(17)10-4-9-18-2/h12,16H,3-11H2,1-2H3. The smallest absolute Gasteiger partial charge is 0.308 e. The van der Waals surface area contributed by atoms with E-state index in [9.17, 15) is 14.1 Å². The van der Waals surface area contributed by atoms with Crippen molar-refractivity contribution in [2.45, 2.75) is 44.6 Å². The zero-order valence-corrected chi connectivity index (χ0v) is 13.2.